The molecule has 0 bridgehead atoms. The van der Waals surface area contributed by atoms with Gasteiger partial charge in [-0.25, -0.2) is 0 Å². The van der Waals surface area contributed by atoms with Crippen LogP contribution >= 0.6 is 24.4 Å². The number of hydrogen-bond donors (Lipinski definition) is 2. The van der Waals surface area contributed by atoms with Crippen LogP contribution in [0.1, 0.15) is 13.3 Å². The minimum Gasteiger partial charge on any atom is -0.355 e. The molecule has 2 nitrogen and oxygen atoms in total. The smallest absolute Gasteiger partial charge is 0.232 e. The van der Waals surface area contributed by atoms with Crippen molar-refractivity contribution in [1.29, 1.82) is 0 Å². The van der Waals surface area contributed by atoms with E-state index in [2.05, 4.69) is 17.9 Å². The Labute approximate surface area is 83.3 Å². The Hall–Kier alpha value is 0.170. The summed E-state index contributed by atoms with van der Waals surface area (Å²) in [6.45, 7) is 2.62. The number of carbonyl (C=O) groups excluding carboxylic acids is 1. The van der Waals surface area contributed by atoms with Crippen molar-refractivity contribution >= 4 is 30.3 Å². The largest absolute Gasteiger partial charge is 0.355 e. The van der Waals surface area contributed by atoms with E-state index in [1.807, 2.05) is 11.8 Å². The summed E-state index contributed by atoms with van der Waals surface area (Å²) >= 11 is 6.02. The highest BCUT2D eigenvalue weighted by Gasteiger charge is 2.16. The van der Waals surface area contributed by atoms with E-state index >= 15 is 0 Å². The van der Waals surface area contributed by atoms with E-state index in [0.29, 0.717) is 5.92 Å². The number of thiol groups is 1. The molecule has 0 aromatic rings. The molecule has 4 heteroatoms. The number of hydrogen-bond acceptors (Lipinski definition) is 3. The molecule has 1 rings (SSSR count). The minimum atomic E-state index is -0.181. The van der Waals surface area contributed by atoms with Crippen molar-refractivity contribution in [3.63, 3.8) is 0 Å². The maximum Gasteiger partial charge on any atom is 0.232 e. The van der Waals surface area contributed by atoms with Crippen LogP contribution in [0.15, 0.2) is 0 Å². The standard InChI is InChI=1S/C8H15NOS2/c1-6(11)8(10)9-4-7-2-3-12-5-7/h6-7,11H,2-5H2,1H3,(H,9,10). The van der Waals surface area contributed by atoms with Crippen molar-refractivity contribution in [1.82, 2.24) is 5.32 Å². The molecule has 0 aromatic heterocycles. The van der Waals surface area contributed by atoms with Crippen molar-refractivity contribution in [2.45, 2.75) is 18.6 Å². The number of amides is 1. The molecule has 0 aromatic carbocycles. The molecule has 2 atom stereocenters. The summed E-state index contributed by atoms with van der Waals surface area (Å²) in [4.78, 5) is 11.1. The van der Waals surface area contributed by atoms with E-state index in [-0.39, 0.29) is 11.2 Å². The molecular formula is C8H15NOS2. The molecule has 2 unspecified atom stereocenters. The molecule has 1 amide bonds. The van der Waals surface area contributed by atoms with Crippen LogP contribution in [0, 0.1) is 5.92 Å². The predicted molar refractivity (Wildman–Crippen MR) is 56.9 cm³/mol. The molecule has 1 saturated heterocycles. The van der Waals surface area contributed by atoms with Crippen LogP contribution in [-0.4, -0.2) is 29.2 Å². The molecule has 12 heavy (non-hydrogen) atoms. The Morgan fingerprint density at radius 1 is 1.83 bits per heavy atom. The van der Waals surface area contributed by atoms with Gasteiger partial charge < -0.3 is 5.32 Å². The average Bonchev–Trinajstić information content (AvgIpc) is 2.51. The van der Waals surface area contributed by atoms with Gasteiger partial charge in [0.2, 0.25) is 5.91 Å². The van der Waals surface area contributed by atoms with Gasteiger partial charge in [-0.3, -0.25) is 4.79 Å². The topological polar surface area (TPSA) is 29.1 Å². The monoisotopic (exact) mass is 205 g/mol. The zero-order valence-electron chi connectivity index (χ0n) is 7.25. The van der Waals surface area contributed by atoms with E-state index in [1.165, 1.54) is 17.9 Å². The molecule has 1 heterocycles. The Balaban J connectivity index is 2.12. The Morgan fingerprint density at radius 2 is 2.58 bits per heavy atom. The number of rotatable bonds is 3. The summed E-state index contributed by atoms with van der Waals surface area (Å²) in [5.41, 5.74) is 0. The summed E-state index contributed by atoms with van der Waals surface area (Å²) in [5, 5.41) is 2.71. The predicted octanol–water partition coefficient (Wildman–Crippen LogP) is 1.17. The van der Waals surface area contributed by atoms with Gasteiger partial charge in [-0.05, 0) is 30.8 Å². The van der Waals surface area contributed by atoms with Crippen LogP contribution in [0.2, 0.25) is 0 Å². The SMILES string of the molecule is CC(S)C(=O)NCC1CCSC1. The Bertz CT molecular complexity index is 155. The molecule has 70 valence electrons. The second kappa shape index (κ2) is 5.02. The van der Waals surface area contributed by atoms with Crippen molar-refractivity contribution in [2.75, 3.05) is 18.1 Å². The fourth-order valence-electron chi connectivity index (χ4n) is 1.14. The zero-order valence-corrected chi connectivity index (χ0v) is 8.96. The molecule has 0 spiro atoms. The summed E-state index contributed by atoms with van der Waals surface area (Å²) in [7, 11) is 0. The number of carbonyl (C=O) groups is 1. The fraction of sp³-hybridized carbons (Fsp3) is 0.875. The second-order valence-corrected chi connectivity index (χ2v) is 5.08. The third-order valence-electron chi connectivity index (χ3n) is 1.97. The van der Waals surface area contributed by atoms with Gasteiger partial charge in [0.1, 0.15) is 0 Å². The lowest BCUT2D eigenvalue weighted by Gasteiger charge is -2.10. The van der Waals surface area contributed by atoms with Crippen LogP contribution in [0.3, 0.4) is 0 Å². The summed E-state index contributed by atoms with van der Waals surface area (Å²) in [5.74, 6) is 3.18. The first-order chi connectivity index (χ1) is 5.70. The van der Waals surface area contributed by atoms with Gasteiger partial charge in [-0.1, -0.05) is 0 Å². The molecule has 1 N–H and O–H groups in total. The van der Waals surface area contributed by atoms with Crippen molar-refractivity contribution in [3.8, 4) is 0 Å². The van der Waals surface area contributed by atoms with Gasteiger partial charge in [0.05, 0.1) is 5.25 Å². The van der Waals surface area contributed by atoms with E-state index < -0.39 is 0 Å². The van der Waals surface area contributed by atoms with Crippen LogP contribution in [0.25, 0.3) is 0 Å². The summed E-state index contributed by atoms with van der Waals surface area (Å²) in [6, 6.07) is 0. The third kappa shape index (κ3) is 3.27. The third-order valence-corrected chi connectivity index (χ3v) is 3.43. The lowest BCUT2D eigenvalue weighted by molar-refractivity contribution is -0.120. The first-order valence-electron chi connectivity index (χ1n) is 4.23. The molecule has 0 aliphatic carbocycles. The molecule has 1 aliphatic rings. The van der Waals surface area contributed by atoms with E-state index in [0.717, 1.165) is 6.54 Å². The van der Waals surface area contributed by atoms with Crippen molar-refractivity contribution < 1.29 is 4.79 Å². The normalized spacial score (nSPS) is 25.3. The maximum atomic E-state index is 11.1. The highest BCUT2D eigenvalue weighted by atomic mass is 32.2. The quantitative estimate of drug-likeness (QED) is 0.677. The van der Waals surface area contributed by atoms with Gasteiger partial charge in [0, 0.05) is 6.54 Å². The van der Waals surface area contributed by atoms with Crippen LogP contribution in [0.4, 0.5) is 0 Å². The summed E-state index contributed by atoms with van der Waals surface area (Å²) in [6.07, 6.45) is 1.24. The van der Waals surface area contributed by atoms with Gasteiger partial charge in [-0.15, -0.1) is 0 Å². The zero-order chi connectivity index (χ0) is 8.97. The highest BCUT2D eigenvalue weighted by molar-refractivity contribution is 7.99. The number of thioether (sulfide) groups is 1. The first kappa shape index (κ1) is 10.3. The Kier molecular flexibility index (Phi) is 4.29. The Morgan fingerprint density at radius 3 is 3.08 bits per heavy atom. The highest BCUT2D eigenvalue weighted by Crippen LogP contribution is 2.22. The van der Waals surface area contributed by atoms with Gasteiger partial charge in [-0.2, -0.15) is 24.4 Å². The molecule has 0 radical (unpaired) electrons. The lowest BCUT2D eigenvalue weighted by atomic mass is 10.1. The summed E-state index contributed by atoms with van der Waals surface area (Å²) < 4.78 is 0. The van der Waals surface area contributed by atoms with Gasteiger partial charge in [0.15, 0.2) is 0 Å². The second-order valence-electron chi connectivity index (χ2n) is 3.15. The average molecular weight is 205 g/mol. The number of nitrogens with one attached hydrogen (secondary N) is 1. The first-order valence-corrected chi connectivity index (χ1v) is 5.91. The van der Waals surface area contributed by atoms with Crippen LogP contribution in [-0.2, 0) is 4.79 Å². The van der Waals surface area contributed by atoms with Crippen LogP contribution in [0.5, 0.6) is 0 Å². The molecule has 1 aliphatic heterocycles. The van der Waals surface area contributed by atoms with E-state index in [9.17, 15) is 4.79 Å². The molecule has 1 fully saturated rings. The maximum absolute atomic E-state index is 11.1. The van der Waals surface area contributed by atoms with Gasteiger partial charge in [0.25, 0.3) is 0 Å². The molecular weight excluding hydrogens is 190 g/mol. The van der Waals surface area contributed by atoms with Crippen LogP contribution < -0.4 is 5.32 Å². The fourth-order valence-corrected chi connectivity index (χ4v) is 2.51. The van der Waals surface area contributed by atoms with Gasteiger partial charge >= 0.3 is 0 Å². The van der Waals surface area contributed by atoms with Crippen molar-refractivity contribution in [3.05, 3.63) is 0 Å². The minimum absolute atomic E-state index is 0.0511. The van der Waals surface area contributed by atoms with E-state index in [1.54, 1.807) is 6.92 Å². The molecule has 0 saturated carbocycles. The lowest BCUT2D eigenvalue weighted by Crippen LogP contribution is -2.33. The van der Waals surface area contributed by atoms with Crippen molar-refractivity contribution in [2.24, 2.45) is 5.92 Å². The van der Waals surface area contributed by atoms with E-state index in [4.69, 9.17) is 0 Å².